The smallest absolute Gasteiger partial charge is 0.342 e. The molecule has 0 atom stereocenters. The topological polar surface area (TPSA) is 499 Å². The zero-order valence-electron chi connectivity index (χ0n) is 76.5. The highest BCUT2D eigenvalue weighted by molar-refractivity contribution is 5.97. The van der Waals surface area contributed by atoms with Crippen molar-refractivity contribution >= 4 is 101 Å². The average molecular weight is 1910 g/mol. The molecule has 9 rings (SSSR count). The minimum Gasteiger partial charge on any atom is -0.507 e. The number of hydrogen-bond donors (Lipinski definition) is 3. The first-order chi connectivity index (χ1) is 65.9. The van der Waals surface area contributed by atoms with Gasteiger partial charge in [0.1, 0.15) is 94.7 Å². The summed E-state index contributed by atoms with van der Waals surface area (Å²) >= 11 is 0. The van der Waals surface area contributed by atoms with Gasteiger partial charge in [-0.1, -0.05) is 70.4 Å². The highest BCUT2D eigenvalue weighted by Crippen LogP contribution is 2.40. The van der Waals surface area contributed by atoms with Crippen LogP contribution in [0.3, 0.4) is 0 Å². The molecule has 0 amide bonds. The number of esters is 16. The fraction of sp³-hybridized carbons (Fsp3) is 0.455. The van der Waals surface area contributed by atoms with Crippen LogP contribution in [0.1, 0.15) is 208 Å². The first-order valence-corrected chi connectivity index (χ1v) is 45.4. The van der Waals surface area contributed by atoms with Gasteiger partial charge in [-0.2, -0.15) is 0 Å². The summed E-state index contributed by atoms with van der Waals surface area (Å²) in [6.45, 7) is 24.9. The zero-order chi connectivity index (χ0) is 99.7. The Morgan fingerprint density at radius 1 is 0.248 bits per heavy atom. The van der Waals surface area contributed by atoms with Crippen molar-refractivity contribution in [2.45, 2.75) is 167 Å². The van der Waals surface area contributed by atoms with Crippen molar-refractivity contribution in [1.29, 1.82) is 0 Å². The molecule has 0 heterocycles. The van der Waals surface area contributed by atoms with Crippen molar-refractivity contribution in [3.8, 4) is 46.0 Å². The van der Waals surface area contributed by atoms with E-state index in [1.165, 1.54) is 97.1 Å². The zero-order valence-corrected chi connectivity index (χ0v) is 76.5. The van der Waals surface area contributed by atoms with Crippen molar-refractivity contribution in [3.05, 3.63) is 184 Å². The lowest BCUT2D eigenvalue weighted by Crippen LogP contribution is -2.30. The lowest BCUT2D eigenvalue weighted by atomic mass is 9.82. The van der Waals surface area contributed by atoms with Crippen LogP contribution in [0.15, 0.2) is 161 Å². The van der Waals surface area contributed by atoms with Gasteiger partial charge in [-0.05, 0) is 240 Å². The molecule has 36 nitrogen and oxygen atoms in total. The largest absolute Gasteiger partial charge is 0.507 e. The van der Waals surface area contributed by atoms with Crippen LogP contribution in [-0.2, 0) is 110 Å². The number of carbonyl (C=O) groups is 17. The summed E-state index contributed by atoms with van der Waals surface area (Å²) in [6.07, 6.45) is 19.7. The number of unbranched alkanes of at least 4 members (excludes halogenated alkanes) is 3. The lowest BCUT2D eigenvalue weighted by molar-refractivity contribution is -0.153. The second kappa shape index (κ2) is 58.7. The summed E-state index contributed by atoms with van der Waals surface area (Å²) in [6, 6.07) is 15.5. The molecule has 0 spiro atoms. The van der Waals surface area contributed by atoms with Crippen molar-refractivity contribution in [2.75, 3.05) is 66.1 Å². The number of aromatic hydroxyl groups is 2. The van der Waals surface area contributed by atoms with Crippen LogP contribution in [-0.4, -0.2) is 183 Å². The first kappa shape index (κ1) is 110. The Hall–Kier alpha value is -14.4. The van der Waals surface area contributed by atoms with Gasteiger partial charge in [-0.3, -0.25) is 47.9 Å². The van der Waals surface area contributed by atoms with Gasteiger partial charge in [0.25, 0.3) is 0 Å². The Labute approximate surface area is 792 Å². The summed E-state index contributed by atoms with van der Waals surface area (Å²) < 4.78 is 84.4. The molecular weight excluding hydrogens is 1790 g/mol. The number of rotatable bonds is 46. The van der Waals surface area contributed by atoms with Crippen molar-refractivity contribution in [2.24, 2.45) is 59.2 Å². The molecule has 4 aromatic carbocycles. The fourth-order valence-electron chi connectivity index (χ4n) is 15.2. The van der Waals surface area contributed by atoms with Gasteiger partial charge in [-0.15, -0.1) is 0 Å². The number of carboxylic acids is 1. The molecule has 738 valence electrons. The molecule has 5 fully saturated rings. The molecule has 36 heteroatoms. The Bertz CT molecular complexity index is 4670. The minimum absolute atomic E-state index is 0.0132. The van der Waals surface area contributed by atoms with E-state index in [9.17, 15) is 91.7 Å². The van der Waals surface area contributed by atoms with Crippen LogP contribution in [0.4, 0.5) is 0 Å². The van der Waals surface area contributed by atoms with E-state index in [1.807, 2.05) is 0 Å². The fourth-order valence-corrected chi connectivity index (χ4v) is 15.2. The number of carbonyl (C=O) groups excluding carboxylic acids is 16. The molecule has 0 aliphatic heterocycles. The monoisotopic (exact) mass is 1910 g/mol. The summed E-state index contributed by atoms with van der Waals surface area (Å²) in [7, 11) is 0. The van der Waals surface area contributed by atoms with E-state index in [4.69, 9.17) is 80.9 Å². The van der Waals surface area contributed by atoms with Gasteiger partial charge in [0.2, 0.25) is 0 Å². The quantitative estimate of drug-likeness (QED) is 0.00923. The highest BCUT2D eigenvalue weighted by atomic mass is 16.6. The standard InChI is InChI=1S/C58H68O20.C28H28O10.C15H22O6/c1-5-29-71-57(67)45-35-43(25-27-47(45)77-55(65)41-17-13-37(14-18-41)51(61)73-33-11-9-31-69-49(59)7-3)75-53(63)39-21-23-40(24-22-39)54(64)76-44-26-28-48(46(36-44)58(68)72-30-6-2)78-56(66)42-19-15-38(16-20-42)52(62)74-34-12-10-32-70-50(60)8-4;1-3-13-35-27(33)21-15-19(9-11-23(21)29)37-25(31)17-5-7-18(8-6-17)26(32)38-20-10-12-24(30)22(16-20)28(34)36-14-4-2;1-2-13(16)20-9-3-4-10-21-15(19)12-7-5-11(6-8-12)14(17)18/h5-8,25-28,35-42H,1-4,9-24,29-34H2;3-4,9-12,15-18,29-30H,1-2,5-8,13-14H2;2,11-12H,1,3-10H2,(H,17,18). The number of carboxylic acid groups (broad SMARTS) is 1. The van der Waals surface area contributed by atoms with Crippen LogP contribution in [0.5, 0.6) is 46.0 Å². The van der Waals surface area contributed by atoms with Crippen LogP contribution < -0.4 is 28.4 Å². The predicted octanol–water partition coefficient (Wildman–Crippen LogP) is 14.2. The third kappa shape index (κ3) is 37.1. The Morgan fingerprint density at radius 3 is 0.672 bits per heavy atom. The molecule has 3 N–H and O–H groups in total. The number of phenolic OH excluding ortho intramolecular Hbond substituents is 2. The van der Waals surface area contributed by atoms with E-state index in [2.05, 4.69) is 46.1 Å². The second-order valence-corrected chi connectivity index (χ2v) is 32.6. The van der Waals surface area contributed by atoms with Crippen LogP contribution in [0, 0.1) is 59.2 Å². The molecule has 0 unspecified atom stereocenters. The van der Waals surface area contributed by atoms with Crippen LogP contribution >= 0.6 is 0 Å². The van der Waals surface area contributed by atoms with E-state index in [-0.39, 0.29) is 183 Å². The molecule has 0 saturated heterocycles. The van der Waals surface area contributed by atoms with Crippen molar-refractivity contribution in [3.63, 3.8) is 0 Å². The maximum Gasteiger partial charge on any atom is 0.342 e. The van der Waals surface area contributed by atoms with Gasteiger partial charge >= 0.3 is 101 Å². The SMILES string of the molecule is C=CC(=O)OCCCCOC(=O)C1CCC(C(=O)O)CC1.C=CCOC(=O)c1cc(OC(=O)C2CCC(C(=O)Oc3ccc(O)c(C(=O)OCC=C)c3)CC2)ccc1O.C=CCOC(=O)c1cc(OC(=O)C2CCC(C(=O)Oc3ccc(OC(=O)C4CCC(C(=O)OCCCCOC(=O)C=C)CC4)c(C(=O)OCC=C)c3)CC2)ccc1OC(=O)C1CCC(C(=O)OCCCCOC(=O)C=C)CC1. The number of benzene rings is 4. The van der Waals surface area contributed by atoms with E-state index < -0.39 is 131 Å². The van der Waals surface area contributed by atoms with E-state index in [0.29, 0.717) is 148 Å². The number of hydrogen-bond acceptors (Lipinski definition) is 35. The third-order valence-corrected chi connectivity index (χ3v) is 22.9. The van der Waals surface area contributed by atoms with Crippen LogP contribution in [0.2, 0.25) is 0 Å². The summed E-state index contributed by atoms with van der Waals surface area (Å²) in [5, 5.41) is 28.7. The predicted molar refractivity (Wildman–Crippen MR) is 484 cm³/mol. The second-order valence-electron chi connectivity index (χ2n) is 32.6. The molecule has 5 saturated carbocycles. The molecule has 0 bridgehead atoms. The van der Waals surface area contributed by atoms with Crippen LogP contribution in [0.25, 0.3) is 0 Å². The summed E-state index contributed by atoms with van der Waals surface area (Å²) in [5.74, 6) is -15.3. The normalized spacial score (nSPS) is 19.0. The van der Waals surface area contributed by atoms with E-state index in [1.54, 1.807) is 0 Å². The number of phenols is 2. The maximum atomic E-state index is 13.5. The summed E-state index contributed by atoms with van der Waals surface area (Å²) in [5.41, 5.74) is -0.626. The molecule has 4 aromatic rings. The molecule has 5 aliphatic rings. The van der Waals surface area contributed by atoms with E-state index in [0.717, 1.165) is 18.2 Å². The van der Waals surface area contributed by atoms with Crippen molar-refractivity contribution in [1.82, 2.24) is 0 Å². The van der Waals surface area contributed by atoms with Gasteiger partial charge in [-0.25, -0.2) is 33.6 Å². The average Bonchev–Trinajstić information content (AvgIpc) is 0.820. The maximum absolute atomic E-state index is 13.5. The Morgan fingerprint density at radius 2 is 0.445 bits per heavy atom. The van der Waals surface area contributed by atoms with Gasteiger partial charge in [0, 0.05) is 18.2 Å². The van der Waals surface area contributed by atoms with Crippen molar-refractivity contribution < 1.29 is 173 Å². The molecule has 137 heavy (non-hydrogen) atoms. The summed E-state index contributed by atoms with van der Waals surface area (Å²) in [4.78, 5) is 210. The molecule has 0 radical (unpaired) electrons. The Kier molecular flexibility index (Phi) is 47.0. The Balaban J connectivity index is 0.000000353. The molecular formula is C101H118O36. The number of ether oxygens (including phenoxy) is 16. The number of aliphatic carboxylic acids is 1. The van der Waals surface area contributed by atoms with Gasteiger partial charge < -0.3 is 91.1 Å². The highest BCUT2D eigenvalue weighted by Gasteiger charge is 2.39. The molecule has 0 aromatic heterocycles. The third-order valence-electron chi connectivity index (χ3n) is 22.9. The van der Waals surface area contributed by atoms with Gasteiger partial charge in [0.15, 0.2) is 0 Å². The molecule has 5 aliphatic carbocycles. The van der Waals surface area contributed by atoms with Gasteiger partial charge in [0.05, 0.1) is 98.8 Å². The lowest BCUT2D eigenvalue weighted by Gasteiger charge is -2.26. The minimum atomic E-state index is -0.858. The first-order valence-electron chi connectivity index (χ1n) is 45.4. The van der Waals surface area contributed by atoms with E-state index >= 15 is 0 Å².